The zero-order valence-corrected chi connectivity index (χ0v) is 15.7. The van der Waals surface area contributed by atoms with Crippen molar-refractivity contribution in [1.82, 2.24) is 29.8 Å². The lowest BCUT2D eigenvalue weighted by atomic mass is 10.2. The molecular formula is C15H21N7O4S. The molecule has 3 N–H and O–H groups in total. The van der Waals surface area contributed by atoms with Crippen LogP contribution in [0.5, 0.6) is 0 Å². The molecule has 0 spiro atoms. The number of nitrogens with one attached hydrogen (secondary N) is 1. The van der Waals surface area contributed by atoms with Crippen molar-refractivity contribution >= 4 is 23.4 Å². The Labute approximate surface area is 158 Å². The molecule has 1 saturated heterocycles. The highest BCUT2D eigenvalue weighted by molar-refractivity contribution is 7.99. The number of ether oxygens (including phenoxy) is 1. The van der Waals surface area contributed by atoms with Crippen molar-refractivity contribution in [3.63, 3.8) is 0 Å². The number of rotatable bonds is 8. The first-order valence-corrected chi connectivity index (χ1v) is 9.66. The van der Waals surface area contributed by atoms with Gasteiger partial charge in [-0.3, -0.25) is 19.1 Å². The van der Waals surface area contributed by atoms with Crippen LogP contribution in [0.4, 0.5) is 5.82 Å². The highest BCUT2D eigenvalue weighted by Gasteiger charge is 2.22. The number of hydrogen-bond donors (Lipinski definition) is 2. The minimum absolute atomic E-state index is 0.0552. The number of H-pyrrole nitrogens is 1. The molecule has 1 fully saturated rings. The molecule has 0 radical (unpaired) electrons. The van der Waals surface area contributed by atoms with Crippen molar-refractivity contribution in [2.75, 3.05) is 18.1 Å². The summed E-state index contributed by atoms with van der Waals surface area (Å²) < 4.78 is 8.35. The molecule has 0 aliphatic carbocycles. The molecule has 1 atom stereocenters. The van der Waals surface area contributed by atoms with E-state index < -0.39 is 17.0 Å². The lowest BCUT2D eigenvalue weighted by Gasteiger charge is -2.11. The van der Waals surface area contributed by atoms with Crippen LogP contribution in [0.3, 0.4) is 0 Å². The van der Waals surface area contributed by atoms with Gasteiger partial charge in [0.1, 0.15) is 11.4 Å². The Balaban J connectivity index is 1.73. The second-order valence-corrected chi connectivity index (χ2v) is 7.10. The molecule has 2 aromatic heterocycles. The fraction of sp³-hybridized carbons (Fsp3) is 0.600. The van der Waals surface area contributed by atoms with Crippen LogP contribution < -0.4 is 17.0 Å². The fourth-order valence-electron chi connectivity index (χ4n) is 2.90. The largest absolute Gasteiger partial charge is 0.384 e. The summed E-state index contributed by atoms with van der Waals surface area (Å²) in [5, 5.41) is 11.9. The van der Waals surface area contributed by atoms with Crippen LogP contribution in [0.1, 0.15) is 36.5 Å². The number of hydrogen-bond acceptors (Lipinski definition) is 9. The molecule has 12 heteroatoms. The van der Waals surface area contributed by atoms with Crippen LogP contribution in [0.25, 0.3) is 0 Å². The molecule has 1 unspecified atom stereocenters. The molecule has 2 aromatic rings. The van der Waals surface area contributed by atoms with E-state index in [-0.39, 0.29) is 23.2 Å². The zero-order chi connectivity index (χ0) is 19.4. The van der Waals surface area contributed by atoms with Gasteiger partial charge in [-0.1, -0.05) is 18.7 Å². The molecule has 1 aliphatic rings. The minimum Gasteiger partial charge on any atom is -0.384 e. The first-order chi connectivity index (χ1) is 13.0. The monoisotopic (exact) mass is 395 g/mol. The molecule has 0 amide bonds. The molecule has 3 rings (SSSR count). The van der Waals surface area contributed by atoms with Crippen LogP contribution in [-0.4, -0.2) is 54.0 Å². The summed E-state index contributed by atoms with van der Waals surface area (Å²) in [7, 11) is 0. The summed E-state index contributed by atoms with van der Waals surface area (Å²) in [6.45, 7) is 3.41. The Hall–Kier alpha value is -2.47. The number of nitrogen functional groups attached to an aromatic ring is 1. The van der Waals surface area contributed by atoms with Gasteiger partial charge in [0.2, 0.25) is 5.16 Å². The fourth-order valence-corrected chi connectivity index (χ4v) is 3.66. The molecule has 146 valence electrons. The van der Waals surface area contributed by atoms with Gasteiger partial charge in [0.15, 0.2) is 5.78 Å². The van der Waals surface area contributed by atoms with Crippen molar-refractivity contribution in [2.45, 2.75) is 50.5 Å². The van der Waals surface area contributed by atoms with Crippen molar-refractivity contribution in [1.29, 1.82) is 0 Å². The minimum atomic E-state index is -0.783. The number of nitrogens with zero attached hydrogens (tertiary/aromatic N) is 5. The lowest BCUT2D eigenvalue weighted by Crippen LogP contribution is -2.36. The van der Waals surface area contributed by atoms with Gasteiger partial charge in [-0.15, -0.1) is 5.10 Å². The summed E-state index contributed by atoms with van der Waals surface area (Å²) >= 11 is 1.11. The maximum Gasteiger partial charge on any atom is 0.329 e. The zero-order valence-electron chi connectivity index (χ0n) is 14.9. The number of Topliss-reactive ketones (excluding diaryl/α,β-unsaturated/α-hetero) is 1. The molecule has 11 nitrogen and oxygen atoms in total. The van der Waals surface area contributed by atoms with Gasteiger partial charge < -0.3 is 10.5 Å². The number of carbonyl (C=O) groups is 1. The van der Waals surface area contributed by atoms with Crippen LogP contribution in [-0.2, 0) is 17.8 Å². The third kappa shape index (κ3) is 4.27. The summed E-state index contributed by atoms with van der Waals surface area (Å²) in [6, 6.07) is 0. The Kier molecular flexibility index (Phi) is 6.06. The molecule has 1 aliphatic heterocycles. The molecular weight excluding hydrogens is 374 g/mol. The average Bonchev–Trinajstić information content (AvgIpc) is 3.29. The Morgan fingerprint density at radius 1 is 1.44 bits per heavy atom. The molecule has 0 saturated carbocycles. The van der Waals surface area contributed by atoms with E-state index in [9.17, 15) is 14.4 Å². The number of tetrazole rings is 1. The van der Waals surface area contributed by atoms with Gasteiger partial charge in [0.25, 0.3) is 5.56 Å². The average molecular weight is 395 g/mol. The highest BCUT2D eigenvalue weighted by atomic mass is 32.2. The maximum atomic E-state index is 12.6. The van der Waals surface area contributed by atoms with Gasteiger partial charge in [-0.25, -0.2) is 9.48 Å². The Bertz CT molecular complexity index is 929. The van der Waals surface area contributed by atoms with Gasteiger partial charge >= 0.3 is 5.69 Å². The van der Waals surface area contributed by atoms with E-state index in [1.165, 1.54) is 4.57 Å². The van der Waals surface area contributed by atoms with Gasteiger partial charge in [-0.2, -0.15) is 0 Å². The van der Waals surface area contributed by atoms with Crippen molar-refractivity contribution < 1.29 is 9.53 Å². The van der Waals surface area contributed by atoms with Crippen molar-refractivity contribution in [2.24, 2.45) is 0 Å². The first kappa shape index (κ1) is 19.3. The van der Waals surface area contributed by atoms with E-state index in [1.807, 2.05) is 6.92 Å². The summed E-state index contributed by atoms with van der Waals surface area (Å²) in [5.41, 5.74) is 4.29. The summed E-state index contributed by atoms with van der Waals surface area (Å²) in [4.78, 5) is 38.6. The van der Waals surface area contributed by atoms with Crippen LogP contribution >= 0.6 is 11.8 Å². The second kappa shape index (κ2) is 8.48. The summed E-state index contributed by atoms with van der Waals surface area (Å²) in [5.74, 6) is -0.686. The normalized spacial score (nSPS) is 16.7. The number of aromatic amines is 1. The van der Waals surface area contributed by atoms with Crippen LogP contribution in [0.2, 0.25) is 0 Å². The molecule has 0 bridgehead atoms. The third-order valence-corrected chi connectivity index (χ3v) is 5.15. The lowest BCUT2D eigenvalue weighted by molar-refractivity contribution is 0.0912. The van der Waals surface area contributed by atoms with Gasteiger partial charge in [-0.05, 0) is 29.7 Å². The van der Waals surface area contributed by atoms with Crippen LogP contribution in [0, 0.1) is 0 Å². The van der Waals surface area contributed by atoms with E-state index in [0.29, 0.717) is 24.7 Å². The number of thioether (sulfide) groups is 1. The molecule has 0 aromatic carbocycles. The Morgan fingerprint density at radius 2 is 2.26 bits per heavy atom. The van der Waals surface area contributed by atoms with E-state index in [1.54, 1.807) is 4.68 Å². The maximum absolute atomic E-state index is 12.6. The molecule has 3 heterocycles. The number of anilines is 1. The smallest absolute Gasteiger partial charge is 0.329 e. The number of carbonyl (C=O) groups excluding carboxylic acids is 1. The van der Waals surface area contributed by atoms with Crippen molar-refractivity contribution in [3.8, 4) is 0 Å². The SMILES string of the molecule is CCCn1c(N)c(C(=O)CSc2nnnn2CC2CCCO2)c(=O)[nH]c1=O. The quantitative estimate of drug-likeness (QED) is 0.452. The first-order valence-electron chi connectivity index (χ1n) is 8.67. The standard InChI is InChI=1S/C15H21N7O4S/c1-2-5-21-12(16)11(13(24)17-14(21)25)10(23)8-27-15-18-19-20-22(15)7-9-4-3-6-26-9/h9H,2-8,16H2,1H3,(H,17,24,25). The summed E-state index contributed by atoms with van der Waals surface area (Å²) in [6.07, 6.45) is 2.63. The number of aromatic nitrogens is 6. The Morgan fingerprint density at radius 3 is 2.96 bits per heavy atom. The predicted molar refractivity (Wildman–Crippen MR) is 97.9 cm³/mol. The van der Waals surface area contributed by atoms with Crippen LogP contribution in [0.15, 0.2) is 14.7 Å². The van der Waals surface area contributed by atoms with E-state index >= 15 is 0 Å². The molecule has 27 heavy (non-hydrogen) atoms. The van der Waals surface area contributed by atoms with E-state index in [4.69, 9.17) is 10.5 Å². The van der Waals surface area contributed by atoms with Gasteiger partial charge in [0, 0.05) is 13.2 Å². The van der Waals surface area contributed by atoms with E-state index in [2.05, 4.69) is 20.5 Å². The third-order valence-electron chi connectivity index (χ3n) is 4.20. The van der Waals surface area contributed by atoms with Gasteiger partial charge in [0.05, 0.1) is 18.4 Å². The topological polar surface area (TPSA) is 151 Å². The number of ketones is 1. The number of nitrogens with two attached hydrogens (primary N) is 1. The predicted octanol–water partition coefficient (Wildman–Crippen LogP) is -0.331. The second-order valence-electron chi connectivity index (χ2n) is 6.16. The van der Waals surface area contributed by atoms with E-state index in [0.717, 1.165) is 31.2 Å². The van der Waals surface area contributed by atoms with Crippen molar-refractivity contribution in [3.05, 3.63) is 26.4 Å². The highest BCUT2D eigenvalue weighted by Crippen LogP contribution is 2.19.